The van der Waals surface area contributed by atoms with Crippen molar-refractivity contribution in [3.05, 3.63) is 28.8 Å². The molecule has 0 saturated heterocycles. The Hall–Kier alpha value is 0.570. The van der Waals surface area contributed by atoms with Crippen LogP contribution in [0.4, 0.5) is 0 Å². The standard InChI is InChI=1S/C18H30S.Na/c1-16(2,3)12-10-14(18(7,8)9)15(19)11-13(12)17(4,5)6;/h10-11,19H,1-9H3;/q;+1. The van der Waals surface area contributed by atoms with Crippen molar-refractivity contribution in [3.8, 4) is 0 Å². The SMILES string of the molecule is CC(C)(C)c1cc(C(C)(C)C)c(C(C)(C)C)cc1S.[Na+]. The number of hydrogen-bond donors (Lipinski definition) is 1. The maximum absolute atomic E-state index is 4.74. The molecule has 0 amide bonds. The zero-order valence-electron chi connectivity index (χ0n) is 15.1. The monoisotopic (exact) mass is 301 g/mol. The molecule has 0 aliphatic heterocycles. The maximum atomic E-state index is 4.74. The topological polar surface area (TPSA) is 0 Å². The maximum Gasteiger partial charge on any atom is 1.00 e. The van der Waals surface area contributed by atoms with E-state index >= 15 is 0 Å². The van der Waals surface area contributed by atoms with Gasteiger partial charge in [0.2, 0.25) is 0 Å². The molecule has 0 aromatic heterocycles. The van der Waals surface area contributed by atoms with Gasteiger partial charge in [-0.2, -0.15) is 0 Å². The molecule has 0 radical (unpaired) electrons. The van der Waals surface area contributed by atoms with Crippen LogP contribution in [0, 0.1) is 0 Å². The molecule has 20 heavy (non-hydrogen) atoms. The third kappa shape index (κ3) is 4.80. The largest absolute Gasteiger partial charge is 1.00 e. The van der Waals surface area contributed by atoms with E-state index in [1.54, 1.807) is 0 Å². The van der Waals surface area contributed by atoms with E-state index in [4.69, 9.17) is 12.6 Å². The Morgan fingerprint density at radius 2 is 0.900 bits per heavy atom. The van der Waals surface area contributed by atoms with Crippen molar-refractivity contribution in [2.75, 3.05) is 0 Å². The Kier molecular flexibility index (Phi) is 6.54. The summed E-state index contributed by atoms with van der Waals surface area (Å²) in [5.41, 5.74) is 4.64. The van der Waals surface area contributed by atoms with Gasteiger partial charge in [0.15, 0.2) is 0 Å². The van der Waals surface area contributed by atoms with Crippen LogP contribution in [0.3, 0.4) is 0 Å². The molecule has 0 saturated carbocycles. The smallest absolute Gasteiger partial charge is 0.143 e. The van der Waals surface area contributed by atoms with Gasteiger partial charge in [0.1, 0.15) is 0 Å². The minimum atomic E-state index is 0. The molecule has 0 fully saturated rings. The summed E-state index contributed by atoms with van der Waals surface area (Å²) >= 11 is 4.74. The third-order valence-electron chi connectivity index (χ3n) is 3.56. The summed E-state index contributed by atoms with van der Waals surface area (Å²) in [6.07, 6.45) is 0. The first-order chi connectivity index (χ1) is 8.24. The van der Waals surface area contributed by atoms with Gasteiger partial charge in [0, 0.05) is 4.90 Å². The van der Waals surface area contributed by atoms with Crippen molar-refractivity contribution in [3.63, 3.8) is 0 Å². The van der Waals surface area contributed by atoms with Crippen molar-refractivity contribution in [2.24, 2.45) is 0 Å². The van der Waals surface area contributed by atoms with Gasteiger partial charge in [-0.15, -0.1) is 12.6 Å². The zero-order valence-corrected chi connectivity index (χ0v) is 18.0. The van der Waals surface area contributed by atoms with Gasteiger partial charge in [0.05, 0.1) is 0 Å². The molecule has 0 aliphatic rings. The first-order valence-corrected chi connectivity index (χ1v) is 7.58. The minimum absolute atomic E-state index is 0. The first kappa shape index (κ1) is 20.6. The third-order valence-corrected chi connectivity index (χ3v) is 3.93. The fourth-order valence-corrected chi connectivity index (χ4v) is 2.96. The van der Waals surface area contributed by atoms with Crippen LogP contribution in [-0.4, -0.2) is 0 Å². The Morgan fingerprint density at radius 3 is 1.20 bits per heavy atom. The van der Waals surface area contributed by atoms with Crippen LogP contribution in [0.25, 0.3) is 0 Å². The molecule has 0 aliphatic carbocycles. The van der Waals surface area contributed by atoms with Crippen molar-refractivity contribution < 1.29 is 29.6 Å². The molecule has 1 aromatic rings. The summed E-state index contributed by atoms with van der Waals surface area (Å²) in [7, 11) is 0. The molecule has 1 aromatic carbocycles. The number of hydrogen-bond acceptors (Lipinski definition) is 1. The van der Waals surface area contributed by atoms with Crippen LogP contribution >= 0.6 is 12.6 Å². The Bertz CT molecular complexity index is 468. The second-order valence-corrected chi connectivity index (χ2v) is 9.15. The second-order valence-electron chi connectivity index (χ2n) is 8.66. The molecule has 0 N–H and O–H groups in total. The van der Waals surface area contributed by atoms with Gasteiger partial charge in [-0.1, -0.05) is 68.4 Å². The Balaban J connectivity index is 0.00000361. The van der Waals surface area contributed by atoms with Crippen LogP contribution in [0.2, 0.25) is 0 Å². The van der Waals surface area contributed by atoms with Crippen LogP contribution in [-0.2, 0) is 16.2 Å². The van der Waals surface area contributed by atoms with Gasteiger partial charge in [-0.3, -0.25) is 0 Å². The average Bonchev–Trinajstić information content (AvgIpc) is 2.11. The number of benzene rings is 1. The summed E-state index contributed by atoms with van der Waals surface area (Å²) in [4.78, 5) is 1.12. The van der Waals surface area contributed by atoms with Crippen molar-refractivity contribution in [1.29, 1.82) is 0 Å². The summed E-state index contributed by atoms with van der Waals surface area (Å²) in [6.45, 7) is 20.5. The molecular formula is C18H30NaS+. The van der Waals surface area contributed by atoms with E-state index in [9.17, 15) is 0 Å². The second kappa shape index (κ2) is 6.36. The fourth-order valence-electron chi connectivity index (χ4n) is 2.43. The van der Waals surface area contributed by atoms with E-state index in [0.29, 0.717) is 0 Å². The molecule has 0 heterocycles. The van der Waals surface area contributed by atoms with Crippen molar-refractivity contribution in [2.45, 2.75) is 83.5 Å². The van der Waals surface area contributed by atoms with Crippen LogP contribution in [0.5, 0.6) is 0 Å². The van der Waals surface area contributed by atoms with Gasteiger partial charge < -0.3 is 0 Å². The molecule has 1 rings (SSSR count). The van der Waals surface area contributed by atoms with Gasteiger partial charge in [-0.25, -0.2) is 0 Å². The molecule has 0 unspecified atom stereocenters. The van der Waals surface area contributed by atoms with Gasteiger partial charge in [-0.05, 0) is 39.0 Å². The molecule has 0 nitrogen and oxygen atoms in total. The fraction of sp³-hybridized carbons (Fsp3) is 0.667. The van der Waals surface area contributed by atoms with Crippen LogP contribution in [0.15, 0.2) is 17.0 Å². The van der Waals surface area contributed by atoms with Gasteiger partial charge >= 0.3 is 29.6 Å². The predicted molar refractivity (Wildman–Crippen MR) is 89.8 cm³/mol. The van der Waals surface area contributed by atoms with Crippen LogP contribution < -0.4 is 29.6 Å². The van der Waals surface area contributed by atoms with Crippen LogP contribution in [0.1, 0.15) is 79.0 Å². The van der Waals surface area contributed by atoms with E-state index in [0.717, 1.165) is 4.90 Å². The average molecular weight is 301 g/mol. The van der Waals surface area contributed by atoms with E-state index in [2.05, 4.69) is 74.4 Å². The molecule has 0 bridgehead atoms. The van der Waals surface area contributed by atoms with E-state index in [1.807, 2.05) is 0 Å². The van der Waals surface area contributed by atoms with Crippen molar-refractivity contribution >= 4 is 12.6 Å². The Labute approximate surface area is 153 Å². The molecular weight excluding hydrogens is 271 g/mol. The van der Waals surface area contributed by atoms with Gasteiger partial charge in [0.25, 0.3) is 0 Å². The quantitative estimate of drug-likeness (QED) is 0.553. The predicted octanol–water partition coefficient (Wildman–Crippen LogP) is 2.87. The zero-order chi connectivity index (χ0) is 15.2. The van der Waals surface area contributed by atoms with Crippen molar-refractivity contribution in [1.82, 2.24) is 0 Å². The molecule has 108 valence electrons. The summed E-state index contributed by atoms with van der Waals surface area (Å²) in [5, 5.41) is 0. The molecule has 2 heteroatoms. The number of thiol groups is 1. The molecule has 0 spiro atoms. The summed E-state index contributed by atoms with van der Waals surface area (Å²) in [5.74, 6) is 0. The molecule has 0 atom stereocenters. The Morgan fingerprint density at radius 1 is 0.600 bits per heavy atom. The van der Waals surface area contributed by atoms with E-state index in [-0.39, 0.29) is 45.8 Å². The first-order valence-electron chi connectivity index (χ1n) is 7.13. The summed E-state index contributed by atoms with van der Waals surface area (Å²) in [6, 6.07) is 4.66. The minimum Gasteiger partial charge on any atom is -0.143 e. The summed E-state index contributed by atoms with van der Waals surface area (Å²) < 4.78 is 0. The number of rotatable bonds is 0. The van der Waals surface area contributed by atoms with E-state index < -0.39 is 0 Å². The normalized spacial score (nSPS) is 13.1. The van der Waals surface area contributed by atoms with E-state index in [1.165, 1.54) is 16.7 Å².